The molecule has 2 aromatic carbocycles. The molecule has 0 heterocycles. The second-order valence-electron chi connectivity index (χ2n) is 5.28. The SMILES string of the molecule is CCN(CCC#N)c1ccc(N=Nc2c(Cl)cc(C)cc2Cl)cc1. The van der Waals surface area contributed by atoms with E-state index in [1.165, 1.54) is 0 Å². The second kappa shape index (κ2) is 8.68. The fourth-order valence-corrected chi connectivity index (χ4v) is 2.95. The van der Waals surface area contributed by atoms with Gasteiger partial charge in [-0.3, -0.25) is 0 Å². The van der Waals surface area contributed by atoms with E-state index >= 15 is 0 Å². The number of nitriles is 1. The molecule has 0 aliphatic rings. The molecule has 0 unspecified atom stereocenters. The number of azo groups is 1. The Kier molecular flexibility index (Phi) is 6.60. The normalized spacial score (nSPS) is 10.8. The van der Waals surface area contributed by atoms with E-state index < -0.39 is 0 Å². The third kappa shape index (κ3) is 4.70. The van der Waals surface area contributed by atoms with Gasteiger partial charge in [-0.1, -0.05) is 23.2 Å². The van der Waals surface area contributed by atoms with E-state index in [0.717, 1.165) is 17.8 Å². The summed E-state index contributed by atoms with van der Waals surface area (Å²) < 4.78 is 0. The summed E-state index contributed by atoms with van der Waals surface area (Å²) in [4.78, 5) is 2.14. The van der Waals surface area contributed by atoms with Gasteiger partial charge in [-0.25, -0.2) is 0 Å². The number of aryl methyl sites for hydroxylation is 1. The van der Waals surface area contributed by atoms with Gasteiger partial charge in [-0.2, -0.15) is 10.4 Å². The van der Waals surface area contributed by atoms with Gasteiger partial charge in [0.2, 0.25) is 0 Å². The van der Waals surface area contributed by atoms with Crippen LogP contribution in [0.3, 0.4) is 0 Å². The van der Waals surface area contributed by atoms with Crippen LogP contribution in [-0.4, -0.2) is 13.1 Å². The van der Waals surface area contributed by atoms with E-state index in [4.69, 9.17) is 28.5 Å². The van der Waals surface area contributed by atoms with Crippen LogP contribution in [0, 0.1) is 18.3 Å². The Balaban J connectivity index is 2.16. The summed E-state index contributed by atoms with van der Waals surface area (Å²) in [6.45, 7) is 5.54. The lowest BCUT2D eigenvalue weighted by atomic mass is 10.2. The summed E-state index contributed by atoms with van der Waals surface area (Å²) >= 11 is 12.3. The molecule has 2 aromatic rings. The van der Waals surface area contributed by atoms with Crippen molar-refractivity contribution in [2.75, 3.05) is 18.0 Å². The molecule has 0 aliphatic heterocycles. The maximum atomic E-state index is 8.72. The molecule has 0 bridgehead atoms. The molecule has 0 radical (unpaired) electrons. The second-order valence-corrected chi connectivity index (χ2v) is 6.10. The highest BCUT2D eigenvalue weighted by Crippen LogP contribution is 2.35. The fourth-order valence-electron chi connectivity index (χ4n) is 2.28. The molecular formula is C18H18Cl2N4. The van der Waals surface area contributed by atoms with Crippen LogP contribution in [0.15, 0.2) is 46.6 Å². The molecule has 0 atom stereocenters. The molecule has 0 spiro atoms. The van der Waals surface area contributed by atoms with Crippen LogP contribution in [0.25, 0.3) is 0 Å². The van der Waals surface area contributed by atoms with E-state index in [2.05, 4.69) is 28.1 Å². The number of anilines is 1. The molecule has 0 aromatic heterocycles. The first kappa shape index (κ1) is 18.3. The van der Waals surface area contributed by atoms with E-state index in [0.29, 0.717) is 34.4 Å². The molecule has 24 heavy (non-hydrogen) atoms. The minimum Gasteiger partial charge on any atom is -0.371 e. The maximum Gasteiger partial charge on any atom is 0.123 e. The summed E-state index contributed by atoms with van der Waals surface area (Å²) in [5.74, 6) is 0. The van der Waals surface area contributed by atoms with Crippen molar-refractivity contribution in [2.45, 2.75) is 20.3 Å². The fraction of sp³-hybridized carbons (Fsp3) is 0.278. The summed E-state index contributed by atoms with van der Waals surface area (Å²) in [6.07, 6.45) is 0.500. The molecule has 2 rings (SSSR count). The van der Waals surface area contributed by atoms with Gasteiger partial charge in [0.25, 0.3) is 0 Å². The minimum atomic E-state index is 0.470. The number of hydrogen-bond donors (Lipinski definition) is 0. The molecule has 6 heteroatoms. The van der Waals surface area contributed by atoms with Crippen LogP contribution in [0.2, 0.25) is 10.0 Å². The van der Waals surface area contributed by atoms with Gasteiger partial charge in [0.05, 0.1) is 28.2 Å². The van der Waals surface area contributed by atoms with Gasteiger partial charge >= 0.3 is 0 Å². The first-order valence-corrected chi connectivity index (χ1v) is 8.40. The monoisotopic (exact) mass is 360 g/mol. The summed E-state index contributed by atoms with van der Waals surface area (Å²) in [7, 11) is 0. The van der Waals surface area contributed by atoms with Gasteiger partial charge in [0.15, 0.2) is 0 Å². The average molecular weight is 361 g/mol. The zero-order valence-corrected chi connectivity index (χ0v) is 15.1. The first-order valence-electron chi connectivity index (χ1n) is 7.64. The Labute approximate surface area is 152 Å². The zero-order chi connectivity index (χ0) is 17.5. The Morgan fingerprint density at radius 1 is 1.08 bits per heavy atom. The molecule has 124 valence electrons. The Morgan fingerprint density at radius 3 is 2.25 bits per heavy atom. The van der Waals surface area contributed by atoms with Crippen molar-refractivity contribution in [3.63, 3.8) is 0 Å². The molecule has 0 saturated carbocycles. The zero-order valence-electron chi connectivity index (χ0n) is 13.6. The van der Waals surface area contributed by atoms with Crippen LogP contribution >= 0.6 is 23.2 Å². The number of rotatable bonds is 6. The standard InChI is InChI=1S/C18H18Cl2N4/c1-3-24(10-4-9-21)15-7-5-14(6-8-15)22-23-18-16(19)11-13(2)12-17(18)20/h5-8,11-12H,3-4,10H2,1-2H3. The lowest BCUT2D eigenvalue weighted by Gasteiger charge is -2.21. The largest absolute Gasteiger partial charge is 0.371 e. The van der Waals surface area contributed by atoms with E-state index in [9.17, 15) is 0 Å². The highest BCUT2D eigenvalue weighted by atomic mass is 35.5. The van der Waals surface area contributed by atoms with Crippen molar-refractivity contribution < 1.29 is 0 Å². The minimum absolute atomic E-state index is 0.470. The van der Waals surface area contributed by atoms with Crippen LogP contribution in [0.4, 0.5) is 17.1 Å². The van der Waals surface area contributed by atoms with Crippen molar-refractivity contribution >= 4 is 40.3 Å². The molecule has 0 fully saturated rings. The number of nitrogens with zero attached hydrogens (tertiary/aromatic N) is 4. The lowest BCUT2D eigenvalue weighted by molar-refractivity contribution is 0.827. The van der Waals surface area contributed by atoms with Crippen LogP contribution in [-0.2, 0) is 0 Å². The topological polar surface area (TPSA) is 51.8 Å². The van der Waals surface area contributed by atoms with Crippen LogP contribution < -0.4 is 4.90 Å². The summed E-state index contributed by atoms with van der Waals surface area (Å²) in [5, 5.41) is 18.0. The van der Waals surface area contributed by atoms with E-state index in [-0.39, 0.29) is 0 Å². The Morgan fingerprint density at radius 2 is 1.71 bits per heavy atom. The quantitative estimate of drug-likeness (QED) is 0.555. The molecule has 0 N–H and O–H groups in total. The first-order chi connectivity index (χ1) is 11.5. The van der Waals surface area contributed by atoms with Crippen LogP contribution in [0.5, 0.6) is 0 Å². The molecule has 0 saturated heterocycles. The number of hydrogen-bond acceptors (Lipinski definition) is 4. The van der Waals surface area contributed by atoms with E-state index in [1.807, 2.05) is 31.2 Å². The number of halogens is 2. The predicted molar refractivity (Wildman–Crippen MR) is 99.9 cm³/mol. The van der Waals surface area contributed by atoms with Gasteiger partial charge in [-0.15, -0.1) is 5.11 Å². The Hall–Kier alpha value is -2.09. The predicted octanol–water partition coefficient (Wildman–Crippen LogP) is 6.46. The van der Waals surface area contributed by atoms with Gasteiger partial charge in [0.1, 0.15) is 5.69 Å². The van der Waals surface area contributed by atoms with Crippen molar-refractivity contribution in [1.29, 1.82) is 5.26 Å². The molecular weight excluding hydrogens is 343 g/mol. The van der Waals surface area contributed by atoms with Crippen LogP contribution in [0.1, 0.15) is 18.9 Å². The third-order valence-corrected chi connectivity index (χ3v) is 4.09. The molecule has 0 amide bonds. The van der Waals surface area contributed by atoms with Gasteiger partial charge < -0.3 is 4.90 Å². The van der Waals surface area contributed by atoms with Crippen molar-refractivity contribution in [1.82, 2.24) is 0 Å². The highest BCUT2D eigenvalue weighted by molar-refractivity contribution is 6.38. The highest BCUT2D eigenvalue weighted by Gasteiger charge is 2.07. The average Bonchev–Trinajstić information content (AvgIpc) is 2.55. The Bertz CT molecular complexity index is 741. The molecule has 4 nitrogen and oxygen atoms in total. The van der Waals surface area contributed by atoms with Gasteiger partial charge in [0, 0.05) is 18.8 Å². The summed E-state index contributed by atoms with van der Waals surface area (Å²) in [5.41, 5.74) is 3.21. The van der Waals surface area contributed by atoms with Gasteiger partial charge in [-0.05, 0) is 55.8 Å². The van der Waals surface area contributed by atoms with E-state index in [1.54, 1.807) is 12.1 Å². The third-order valence-electron chi connectivity index (χ3n) is 3.52. The number of benzene rings is 2. The lowest BCUT2D eigenvalue weighted by Crippen LogP contribution is -2.23. The molecule has 0 aliphatic carbocycles. The van der Waals surface area contributed by atoms with Crippen molar-refractivity contribution in [3.05, 3.63) is 52.0 Å². The van der Waals surface area contributed by atoms with Crippen molar-refractivity contribution in [3.8, 4) is 6.07 Å². The van der Waals surface area contributed by atoms with Crippen molar-refractivity contribution in [2.24, 2.45) is 10.2 Å². The summed E-state index contributed by atoms with van der Waals surface area (Å²) in [6, 6.07) is 13.5. The maximum absolute atomic E-state index is 8.72. The smallest absolute Gasteiger partial charge is 0.123 e.